The molecule has 2 rings (SSSR count). The van der Waals surface area contributed by atoms with Crippen LogP contribution >= 0.6 is 0 Å². The van der Waals surface area contributed by atoms with Gasteiger partial charge in [-0.2, -0.15) is 0 Å². The summed E-state index contributed by atoms with van der Waals surface area (Å²) in [6, 6.07) is 1.01. The van der Waals surface area contributed by atoms with Gasteiger partial charge in [-0.1, -0.05) is 13.0 Å². The standard InChI is InChI=1S/C14H24N4/c1-5-7-17-10-13(6-2)16-14(17)18-8-11(3)15-12(4)9-18/h5,10-12,15H,1,6-9H2,2-4H3. The Hall–Kier alpha value is -1.29. The van der Waals surface area contributed by atoms with E-state index < -0.39 is 0 Å². The fraction of sp³-hybridized carbons (Fsp3) is 0.643. The zero-order valence-electron chi connectivity index (χ0n) is 11.7. The molecule has 2 unspecified atom stereocenters. The highest BCUT2D eigenvalue weighted by atomic mass is 15.3. The van der Waals surface area contributed by atoms with Crippen LogP contribution in [0, 0.1) is 0 Å². The van der Waals surface area contributed by atoms with Gasteiger partial charge in [0.1, 0.15) is 0 Å². The van der Waals surface area contributed by atoms with Crippen molar-refractivity contribution in [2.45, 2.75) is 45.8 Å². The zero-order chi connectivity index (χ0) is 13.1. The van der Waals surface area contributed by atoms with E-state index in [1.807, 2.05) is 6.08 Å². The van der Waals surface area contributed by atoms with Crippen molar-refractivity contribution in [2.24, 2.45) is 0 Å². The predicted octanol–water partition coefficient (Wildman–Crippen LogP) is 1.82. The number of nitrogens with one attached hydrogen (secondary N) is 1. The van der Waals surface area contributed by atoms with Gasteiger partial charge in [0, 0.05) is 37.9 Å². The molecule has 1 N–H and O–H groups in total. The van der Waals surface area contributed by atoms with Crippen molar-refractivity contribution < 1.29 is 0 Å². The second-order valence-electron chi connectivity index (χ2n) is 5.20. The molecule has 0 bridgehead atoms. The van der Waals surface area contributed by atoms with E-state index in [9.17, 15) is 0 Å². The topological polar surface area (TPSA) is 33.1 Å². The minimum atomic E-state index is 0.507. The monoisotopic (exact) mass is 248 g/mol. The van der Waals surface area contributed by atoms with Gasteiger partial charge in [-0.3, -0.25) is 0 Å². The second-order valence-corrected chi connectivity index (χ2v) is 5.20. The average Bonchev–Trinajstić information content (AvgIpc) is 2.71. The summed E-state index contributed by atoms with van der Waals surface area (Å²) < 4.78 is 2.20. The van der Waals surface area contributed by atoms with Crippen LogP contribution in [-0.2, 0) is 13.0 Å². The van der Waals surface area contributed by atoms with Gasteiger partial charge in [0.2, 0.25) is 5.95 Å². The fourth-order valence-electron chi connectivity index (χ4n) is 2.65. The van der Waals surface area contributed by atoms with Crippen molar-refractivity contribution >= 4 is 5.95 Å². The smallest absolute Gasteiger partial charge is 0.206 e. The van der Waals surface area contributed by atoms with Gasteiger partial charge in [0.25, 0.3) is 0 Å². The Bertz CT molecular complexity index is 400. The maximum absolute atomic E-state index is 4.75. The first-order chi connectivity index (χ1) is 8.63. The van der Waals surface area contributed by atoms with Crippen molar-refractivity contribution in [2.75, 3.05) is 18.0 Å². The van der Waals surface area contributed by atoms with Crippen molar-refractivity contribution in [3.05, 3.63) is 24.5 Å². The molecule has 4 nitrogen and oxygen atoms in total. The number of hydrogen-bond acceptors (Lipinski definition) is 3. The minimum absolute atomic E-state index is 0.507. The minimum Gasteiger partial charge on any atom is -0.339 e. The van der Waals surface area contributed by atoms with Crippen molar-refractivity contribution in [3.8, 4) is 0 Å². The summed E-state index contributed by atoms with van der Waals surface area (Å²) in [5, 5.41) is 3.55. The van der Waals surface area contributed by atoms with Gasteiger partial charge < -0.3 is 14.8 Å². The van der Waals surface area contributed by atoms with E-state index in [2.05, 4.69) is 48.3 Å². The van der Waals surface area contributed by atoms with Crippen molar-refractivity contribution in [1.82, 2.24) is 14.9 Å². The lowest BCUT2D eigenvalue weighted by molar-refractivity contribution is 0.401. The van der Waals surface area contributed by atoms with E-state index in [1.54, 1.807) is 0 Å². The lowest BCUT2D eigenvalue weighted by atomic mass is 10.1. The van der Waals surface area contributed by atoms with Crippen LogP contribution in [0.4, 0.5) is 5.95 Å². The van der Waals surface area contributed by atoms with Gasteiger partial charge >= 0.3 is 0 Å². The Labute approximate surface area is 110 Å². The Morgan fingerprint density at radius 2 is 2.11 bits per heavy atom. The van der Waals surface area contributed by atoms with Crippen LogP contribution in [0.5, 0.6) is 0 Å². The normalized spacial score (nSPS) is 24.3. The number of nitrogens with zero attached hydrogens (tertiary/aromatic N) is 3. The molecule has 0 radical (unpaired) electrons. The molecule has 100 valence electrons. The molecular weight excluding hydrogens is 224 g/mol. The third-order valence-corrected chi connectivity index (χ3v) is 3.33. The summed E-state index contributed by atoms with van der Waals surface area (Å²) in [6.07, 6.45) is 5.06. The fourth-order valence-corrected chi connectivity index (χ4v) is 2.65. The Morgan fingerprint density at radius 3 is 2.67 bits per heavy atom. The molecular formula is C14H24N4. The summed E-state index contributed by atoms with van der Waals surface area (Å²) in [5.74, 6) is 1.09. The number of hydrogen-bond donors (Lipinski definition) is 1. The molecule has 0 aromatic carbocycles. The molecule has 0 spiro atoms. The number of aryl methyl sites for hydroxylation is 1. The van der Waals surface area contributed by atoms with E-state index in [4.69, 9.17) is 4.98 Å². The first-order valence-corrected chi connectivity index (χ1v) is 6.82. The van der Waals surface area contributed by atoms with Gasteiger partial charge in [-0.15, -0.1) is 6.58 Å². The van der Waals surface area contributed by atoms with Gasteiger partial charge in [-0.25, -0.2) is 4.98 Å². The van der Waals surface area contributed by atoms with E-state index in [-0.39, 0.29) is 0 Å². The van der Waals surface area contributed by atoms with E-state index in [0.717, 1.165) is 37.7 Å². The SMILES string of the molecule is C=CCn1cc(CC)nc1N1CC(C)NC(C)C1. The van der Waals surface area contributed by atoms with Crippen LogP contribution in [0.15, 0.2) is 18.9 Å². The molecule has 1 fully saturated rings. The first-order valence-electron chi connectivity index (χ1n) is 6.82. The predicted molar refractivity (Wildman–Crippen MR) is 76.1 cm³/mol. The van der Waals surface area contributed by atoms with Crippen LogP contribution < -0.4 is 10.2 Å². The molecule has 1 saturated heterocycles. The molecule has 0 aliphatic carbocycles. The van der Waals surface area contributed by atoms with E-state index >= 15 is 0 Å². The molecule has 4 heteroatoms. The van der Waals surface area contributed by atoms with Gasteiger partial charge in [-0.05, 0) is 20.3 Å². The molecule has 2 atom stereocenters. The summed E-state index contributed by atoms with van der Waals surface area (Å²) in [5.41, 5.74) is 1.16. The first kappa shape index (κ1) is 13.1. The quantitative estimate of drug-likeness (QED) is 0.825. The number of rotatable bonds is 4. The van der Waals surface area contributed by atoms with E-state index in [0.29, 0.717) is 12.1 Å². The molecule has 0 amide bonds. The Morgan fingerprint density at radius 1 is 1.44 bits per heavy atom. The molecule has 1 aliphatic heterocycles. The lowest BCUT2D eigenvalue weighted by Crippen LogP contribution is -2.55. The number of anilines is 1. The molecule has 18 heavy (non-hydrogen) atoms. The summed E-state index contributed by atoms with van der Waals surface area (Å²) >= 11 is 0. The Kier molecular flexibility index (Phi) is 4.07. The maximum atomic E-state index is 4.75. The highest BCUT2D eigenvalue weighted by Gasteiger charge is 2.24. The third kappa shape index (κ3) is 2.75. The van der Waals surface area contributed by atoms with Crippen LogP contribution in [0.2, 0.25) is 0 Å². The van der Waals surface area contributed by atoms with Crippen molar-refractivity contribution in [1.29, 1.82) is 0 Å². The highest BCUT2D eigenvalue weighted by Crippen LogP contribution is 2.18. The average molecular weight is 248 g/mol. The van der Waals surface area contributed by atoms with Crippen LogP contribution in [0.1, 0.15) is 26.5 Å². The summed E-state index contributed by atoms with van der Waals surface area (Å²) in [7, 11) is 0. The largest absolute Gasteiger partial charge is 0.339 e. The summed E-state index contributed by atoms with van der Waals surface area (Å²) in [6.45, 7) is 13.3. The highest BCUT2D eigenvalue weighted by molar-refractivity contribution is 5.35. The Balaban J connectivity index is 2.24. The van der Waals surface area contributed by atoms with Crippen molar-refractivity contribution in [3.63, 3.8) is 0 Å². The summed E-state index contributed by atoms with van der Waals surface area (Å²) in [4.78, 5) is 7.14. The van der Waals surface area contributed by atoms with E-state index in [1.165, 1.54) is 0 Å². The second kappa shape index (κ2) is 5.57. The molecule has 1 aromatic heterocycles. The van der Waals surface area contributed by atoms with Crippen LogP contribution in [-0.4, -0.2) is 34.7 Å². The number of allylic oxidation sites excluding steroid dienone is 1. The zero-order valence-corrected chi connectivity index (χ0v) is 11.7. The van der Waals surface area contributed by atoms with Crippen LogP contribution in [0.25, 0.3) is 0 Å². The lowest BCUT2D eigenvalue weighted by Gasteiger charge is -2.36. The number of imidazole rings is 1. The van der Waals surface area contributed by atoms with Gasteiger partial charge in [0.05, 0.1) is 5.69 Å². The number of aromatic nitrogens is 2. The third-order valence-electron chi connectivity index (χ3n) is 3.33. The number of piperazine rings is 1. The molecule has 0 saturated carbocycles. The maximum Gasteiger partial charge on any atom is 0.206 e. The molecule has 1 aromatic rings. The van der Waals surface area contributed by atoms with Gasteiger partial charge in [0.15, 0.2) is 0 Å². The molecule has 2 heterocycles. The van der Waals surface area contributed by atoms with Crippen LogP contribution in [0.3, 0.4) is 0 Å². The molecule has 1 aliphatic rings.